The minimum Gasteiger partial charge on any atom is -0.507 e. The van der Waals surface area contributed by atoms with Crippen LogP contribution < -0.4 is 5.32 Å². The molecule has 1 aromatic carbocycles. The standard InChI is InChI=1S/C12H15NO3.ClH/c14-11-5-4-8(7-9(11)12(15)16)10-3-1-2-6-13-10;/h4-5,7,10,13-14H,1-3,6H2,(H,15,16);1H/t10-;/m1./s1. The van der Waals surface area contributed by atoms with Crippen molar-refractivity contribution in [3.63, 3.8) is 0 Å². The molecule has 5 heteroatoms. The Hall–Kier alpha value is -1.26. The number of carboxylic acids is 1. The van der Waals surface area contributed by atoms with Crippen molar-refractivity contribution >= 4 is 18.4 Å². The molecular formula is C12H16ClNO3. The number of aromatic hydroxyl groups is 1. The highest BCUT2D eigenvalue weighted by atomic mass is 35.5. The molecule has 0 radical (unpaired) electrons. The molecule has 0 aromatic heterocycles. The quantitative estimate of drug-likeness (QED) is 0.761. The molecule has 94 valence electrons. The number of nitrogens with one attached hydrogen (secondary N) is 1. The van der Waals surface area contributed by atoms with E-state index in [0.717, 1.165) is 24.9 Å². The summed E-state index contributed by atoms with van der Waals surface area (Å²) in [5, 5.41) is 21.7. The zero-order valence-corrected chi connectivity index (χ0v) is 10.2. The van der Waals surface area contributed by atoms with Gasteiger partial charge in [-0.3, -0.25) is 0 Å². The van der Waals surface area contributed by atoms with Gasteiger partial charge in [0.1, 0.15) is 11.3 Å². The molecule has 1 aromatic rings. The molecule has 3 N–H and O–H groups in total. The lowest BCUT2D eigenvalue weighted by atomic mass is 9.96. The predicted octanol–water partition coefficient (Wildman–Crippen LogP) is 2.33. The molecule has 1 heterocycles. The van der Waals surface area contributed by atoms with E-state index in [2.05, 4.69) is 5.32 Å². The number of hydrogen-bond acceptors (Lipinski definition) is 3. The summed E-state index contributed by atoms with van der Waals surface area (Å²) in [6.45, 7) is 0.966. The average Bonchev–Trinajstić information content (AvgIpc) is 2.30. The van der Waals surface area contributed by atoms with Crippen LogP contribution in [0.15, 0.2) is 18.2 Å². The third-order valence-corrected chi connectivity index (χ3v) is 2.96. The highest BCUT2D eigenvalue weighted by Gasteiger charge is 2.17. The van der Waals surface area contributed by atoms with E-state index >= 15 is 0 Å². The van der Waals surface area contributed by atoms with Crippen LogP contribution in [0, 0.1) is 0 Å². The maximum Gasteiger partial charge on any atom is 0.339 e. The van der Waals surface area contributed by atoms with Gasteiger partial charge in [-0.1, -0.05) is 12.5 Å². The number of carbonyl (C=O) groups is 1. The van der Waals surface area contributed by atoms with Crippen LogP contribution >= 0.6 is 12.4 Å². The van der Waals surface area contributed by atoms with E-state index in [1.54, 1.807) is 12.1 Å². The molecule has 1 atom stereocenters. The van der Waals surface area contributed by atoms with Crippen LogP contribution in [0.3, 0.4) is 0 Å². The second kappa shape index (κ2) is 5.89. The van der Waals surface area contributed by atoms with Gasteiger partial charge in [0.05, 0.1) is 0 Å². The summed E-state index contributed by atoms with van der Waals surface area (Å²) < 4.78 is 0. The number of carboxylic acid groups (broad SMARTS) is 1. The maximum absolute atomic E-state index is 10.9. The van der Waals surface area contributed by atoms with Crippen LogP contribution in [0.25, 0.3) is 0 Å². The molecule has 0 bridgehead atoms. The van der Waals surface area contributed by atoms with Gasteiger partial charge in [-0.05, 0) is 37.1 Å². The van der Waals surface area contributed by atoms with Crippen molar-refractivity contribution in [2.24, 2.45) is 0 Å². The molecule has 1 aliphatic heterocycles. The second-order valence-electron chi connectivity index (χ2n) is 4.08. The average molecular weight is 258 g/mol. The van der Waals surface area contributed by atoms with E-state index < -0.39 is 5.97 Å². The summed E-state index contributed by atoms with van der Waals surface area (Å²) in [5.41, 5.74) is 0.916. The predicted molar refractivity (Wildman–Crippen MR) is 66.9 cm³/mol. The molecule has 1 aliphatic rings. The summed E-state index contributed by atoms with van der Waals surface area (Å²) in [7, 11) is 0. The third kappa shape index (κ3) is 3.11. The van der Waals surface area contributed by atoms with Crippen molar-refractivity contribution < 1.29 is 15.0 Å². The Kier molecular flexibility index (Phi) is 4.78. The molecule has 0 saturated carbocycles. The Morgan fingerprint density at radius 1 is 1.35 bits per heavy atom. The van der Waals surface area contributed by atoms with E-state index in [1.165, 1.54) is 12.5 Å². The number of benzene rings is 1. The van der Waals surface area contributed by atoms with Gasteiger partial charge < -0.3 is 15.5 Å². The largest absolute Gasteiger partial charge is 0.507 e. The fraction of sp³-hybridized carbons (Fsp3) is 0.417. The highest BCUT2D eigenvalue weighted by Crippen LogP contribution is 2.27. The van der Waals surface area contributed by atoms with Crippen LogP contribution in [0.4, 0.5) is 0 Å². The van der Waals surface area contributed by atoms with Gasteiger partial charge in [-0.2, -0.15) is 0 Å². The number of halogens is 1. The minimum atomic E-state index is -1.09. The van der Waals surface area contributed by atoms with E-state index in [1.807, 2.05) is 0 Å². The molecular weight excluding hydrogens is 242 g/mol. The molecule has 4 nitrogen and oxygen atoms in total. The fourth-order valence-corrected chi connectivity index (χ4v) is 2.08. The molecule has 2 rings (SSSR count). The summed E-state index contributed by atoms with van der Waals surface area (Å²) in [6.07, 6.45) is 3.34. The molecule has 0 amide bonds. The first-order valence-corrected chi connectivity index (χ1v) is 5.48. The smallest absolute Gasteiger partial charge is 0.339 e. The van der Waals surface area contributed by atoms with Gasteiger partial charge in [0.2, 0.25) is 0 Å². The first kappa shape index (κ1) is 13.8. The summed E-state index contributed by atoms with van der Waals surface area (Å²) in [6, 6.07) is 5.01. The number of hydrogen-bond donors (Lipinski definition) is 3. The fourth-order valence-electron chi connectivity index (χ4n) is 2.08. The van der Waals surface area contributed by atoms with Gasteiger partial charge in [0.15, 0.2) is 0 Å². The maximum atomic E-state index is 10.9. The molecule has 1 saturated heterocycles. The van der Waals surface area contributed by atoms with Gasteiger partial charge >= 0.3 is 5.97 Å². The number of piperidine rings is 1. The summed E-state index contributed by atoms with van der Waals surface area (Å²) in [5.74, 6) is -1.26. The van der Waals surface area contributed by atoms with Crippen LogP contribution in [0.1, 0.15) is 41.2 Å². The monoisotopic (exact) mass is 257 g/mol. The lowest BCUT2D eigenvalue weighted by Crippen LogP contribution is -2.26. The first-order valence-electron chi connectivity index (χ1n) is 5.48. The van der Waals surface area contributed by atoms with E-state index in [4.69, 9.17) is 5.11 Å². The summed E-state index contributed by atoms with van der Waals surface area (Å²) >= 11 is 0. The Morgan fingerprint density at radius 3 is 2.71 bits per heavy atom. The van der Waals surface area contributed by atoms with Gasteiger partial charge in [0, 0.05) is 6.04 Å². The van der Waals surface area contributed by atoms with Crippen LogP contribution in [0.2, 0.25) is 0 Å². The Bertz CT molecular complexity index is 403. The van der Waals surface area contributed by atoms with E-state index in [0.29, 0.717) is 0 Å². The van der Waals surface area contributed by atoms with Crippen molar-refractivity contribution in [2.75, 3.05) is 6.54 Å². The van der Waals surface area contributed by atoms with Crippen LogP contribution in [-0.2, 0) is 0 Å². The summed E-state index contributed by atoms with van der Waals surface area (Å²) in [4.78, 5) is 10.9. The number of phenols is 1. The van der Waals surface area contributed by atoms with Crippen molar-refractivity contribution in [1.82, 2.24) is 5.32 Å². The molecule has 0 spiro atoms. The van der Waals surface area contributed by atoms with Crippen LogP contribution in [0.5, 0.6) is 5.75 Å². The number of aromatic carboxylic acids is 1. The normalized spacial score (nSPS) is 19.4. The SMILES string of the molecule is Cl.O=C(O)c1cc([C@H]2CCCCN2)ccc1O. The van der Waals surface area contributed by atoms with E-state index in [9.17, 15) is 9.90 Å². The third-order valence-electron chi connectivity index (χ3n) is 2.96. The number of rotatable bonds is 2. The minimum absolute atomic E-state index is 0. The van der Waals surface area contributed by atoms with Gasteiger partial charge in [-0.25, -0.2) is 4.79 Å². The molecule has 17 heavy (non-hydrogen) atoms. The van der Waals surface area contributed by atoms with Gasteiger partial charge in [-0.15, -0.1) is 12.4 Å². The molecule has 0 unspecified atom stereocenters. The Labute approximate surface area is 106 Å². The van der Waals surface area contributed by atoms with Gasteiger partial charge in [0.25, 0.3) is 0 Å². The molecule has 0 aliphatic carbocycles. The topological polar surface area (TPSA) is 69.6 Å². The zero-order chi connectivity index (χ0) is 11.5. The van der Waals surface area contributed by atoms with E-state index in [-0.39, 0.29) is 29.8 Å². The van der Waals surface area contributed by atoms with Crippen molar-refractivity contribution in [1.29, 1.82) is 0 Å². The molecule has 1 fully saturated rings. The Morgan fingerprint density at radius 2 is 2.12 bits per heavy atom. The second-order valence-corrected chi connectivity index (χ2v) is 4.08. The first-order chi connectivity index (χ1) is 7.68. The highest BCUT2D eigenvalue weighted by molar-refractivity contribution is 5.90. The van der Waals surface area contributed by atoms with Crippen molar-refractivity contribution in [3.8, 4) is 5.75 Å². The van der Waals surface area contributed by atoms with Crippen LogP contribution in [-0.4, -0.2) is 22.7 Å². The lowest BCUT2D eigenvalue weighted by molar-refractivity contribution is 0.0693. The van der Waals surface area contributed by atoms with Crippen molar-refractivity contribution in [3.05, 3.63) is 29.3 Å². The van der Waals surface area contributed by atoms with Crippen molar-refractivity contribution in [2.45, 2.75) is 25.3 Å². The zero-order valence-electron chi connectivity index (χ0n) is 9.35. The Balaban J connectivity index is 0.00000144. The lowest BCUT2D eigenvalue weighted by Gasteiger charge is -2.24.